The van der Waals surface area contributed by atoms with Gasteiger partial charge in [-0.3, -0.25) is 0 Å². The standard InChI is InChI=1S/C27H32O2/c1-18-16-22-23(26(4,5)13-12-25(22,2)3)17-21(18)27(14-15-27)20-9-7-6-8-19(20)10-11-24(28)29/h6-11,16-17H,12-15H2,1-5H3,(H,28,29)/b11-10+. The number of hydrogen-bond acceptors (Lipinski definition) is 1. The molecule has 0 amide bonds. The van der Waals surface area contributed by atoms with Gasteiger partial charge in [0.25, 0.3) is 0 Å². The quantitative estimate of drug-likeness (QED) is 0.605. The van der Waals surface area contributed by atoms with Crippen molar-refractivity contribution in [3.8, 4) is 0 Å². The fraction of sp³-hybridized carbons (Fsp3) is 0.444. The minimum absolute atomic E-state index is 0.0101. The summed E-state index contributed by atoms with van der Waals surface area (Å²) in [6.07, 6.45) is 7.67. The van der Waals surface area contributed by atoms with Crippen LogP contribution < -0.4 is 0 Å². The topological polar surface area (TPSA) is 37.3 Å². The number of carbonyl (C=O) groups is 1. The van der Waals surface area contributed by atoms with Gasteiger partial charge < -0.3 is 5.11 Å². The van der Waals surface area contributed by atoms with Gasteiger partial charge in [0, 0.05) is 11.5 Å². The molecule has 2 aliphatic rings. The highest BCUT2D eigenvalue weighted by atomic mass is 16.4. The molecule has 2 aromatic carbocycles. The summed E-state index contributed by atoms with van der Waals surface area (Å²) >= 11 is 0. The Morgan fingerprint density at radius 3 is 2.03 bits per heavy atom. The van der Waals surface area contributed by atoms with E-state index >= 15 is 0 Å². The summed E-state index contributed by atoms with van der Waals surface area (Å²) in [6.45, 7) is 11.8. The molecule has 2 nitrogen and oxygen atoms in total. The number of benzene rings is 2. The van der Waals surface area contributed by atoms with Crippen molar-refractivity contribution in [1.29, 1.82) is 0 Å². The second-order valence-corrected chi connectivity index (χ2v) is 10.3. The van der Waals surface area contributed by atoms with Crippen molar-refractivity contribution in [2.24, 2.45) is 0 Å². The monoisotopic (exact) mass is 388 g/mol. The van der Waals surface area contributed by atoms with Crippen molar-refractivity contribution < 1.29 is 9.90 Å². The summed E-state index contributed by atoms with van der Waals surface area (Å²) in [6, 6.07) is 13.2. The lowest BCUT2D eigenvalue weighted by molar-refractivity contribution is -0.131. The summed E-state index contributed by atoms with van der Waals surface area (Å²) in [7, 11) is 0. The van der Waals surface area contributed by atoms with Gasteiger partial charge in [0.1, 0.15) is 0 Å². The molecule has 0 saturated heterocycles. The van der Waals surface area contributed by atoms with Crippen molar-refractivity contribution in [2.75, 3.05) is 0 Å². The van der Waals surface area contributed by atoms with Crippen LogP contribution in [0.5, 0.6) is 0 Å². The fourth-order valence-corrected chi connectivity index (χ4v) is 5.29. The van der Waals surface area contributed by atoms with Crippen molar-refractivity contribution in [3.63, 3.8) is 0 Å². The van der Waals surface area contributed by atoms with Gasteiger partial charge in [-0.2, -0.15) is 0 Å². The third-order valence-electron chi connectivity index (χ3n) is 7.35. The van der Waals surface area contributed by atoms with E-state index in [0.717, 1.165) is 18.4 Å². The molecule has 1 saturated carbocycles. The van der Waals surface area contributed by atoms with E-state index < -0.39 is 5.97 Å². The first-order chi connectivity index (χ1) is 13.6. The van der Waals surface area contributed by atoms with Crippen LogP contribution in [0.1, 0.15) is 86.8 Å². The minimum Gasteiger partial charge on any atom is -0.478 e. The number of hydrogen-bond donors (Lipinski definition) is 1. The van der Waals surface area contributed by atoms with Gasteiger partial charge in [-0.15, -0.1) is 0 Å². The zero-order chi connectivity index (χ0) is 21.0. The van der Waals surface area contributed by atoms with Crippen LogP contribution >= 0.6 is 0 Å². The molecule has 2 aliphatic carbocycles. The first-order valence-electron chi connectivity index (χ1n) is 10.7. The molecule has 0 radical (unpaired) electrons. The van der Waals surface area contributed by atoms with E-state index in [-0.39, 0.29) is 16.2 Å². The van der Waals surface area contributed by atoms with Gasteiger partial charge in [0.05, 0.1) is 0 Å². The highest BCUT2D eigenvalue weighted by Gasteiger charge is 2.49. The maximum Gasteiger partial charge on any atom is 0.328 e. The van der Waals surface area contributed by atoms with Gasteiger partial charge in [0.2, 0.25) is 0 Å². The largest absolute Gasteiger partial charge is 0.478 e. The number of rotatable bonds is 4. The third-order valence-corrected chi connectivity index (χ3v) is 7.35. The molecule has 1 N–H and O–H groups in total. The molecule has 0 spiro atoms. The van der Waals surface area contributed by atoms with E-state index in [0.29, 0.717) is 0 Å². The summed E-state index contributed by atoms with van der Waals surface area (Å²) in [4.78, 5) is 11.1. The normalized spacial score (nSPS) is 21.0. The first kappa shape index (κ1) is 19.9. The Balaban J connectivity index is 1.88. The van der Waals surface area contributed by atoms with Gasteiger partial charge in [0.15, 0.2) is 0 Å². The fourth-order valence-electron chi connectivity index (χ4n) is 5.29. The third kappa shape index (κ3) is 3.33. The van der Waals surface area contributed by atoms with Crippen LogP contribution in [0.3, 0.4) is 0 Å². The number of carboxylic acids is 1. The van der Waals surface area contributed by atoms with Crippen LogP contribution in [-0.2, 0) is 21.0 Å². The molecule has 0 unspecified atom stereocenters. The first-order valence-corrected chi connectivity index (χ1v) is 10.7. The number of fused-ring (bicyclic) bond motifs is 1. The van der Waals surface area contributed by atoms with Crippen molar-refractivity contribution in [2.45, 2.75) is 76.5 Å². The zero-order valence-corrected chi connectivity index (χ0v) is 18.3. The van der Waals surface area contributed by atoms with Crippen LogP contribution in [0.15, 0.2) is 42.5 Å². The second-order valence-electron chi connectivity index (χ2n) is 10.3. The van der Waals surface area contributed by atoms with Gasteiger partial charge in [-0.05, 0) is 82.9 Å². The van der Waals surface area contributed by atoms with Crippen LogP contribution in [-0.4, -0.2) is 11.1 Å². The molecular weight excluding hydrogens is 356 g/mol. The molecule has 0 aliphatic heterocycles. The van der Waals surface area contributed by atoms with Crippen molar-refractivity contribution in [3.05, 3.63) is 75.9 Å². The lowest BCUT2D eigenvalue weighted by atomic mass is 9.62. The summed E-state index contributed by atoms with van der Waals surface area (Å²) in [5.41, 5.74) is 8.49. The second kappa shape index (κ2) is 6.58. The zero-order valence-electron chi connectivity index (χ0n) is 18.3. The lowest BCUT2D eigenvalue weighted by Gasteiger charge is -2.43. The number of carboxylic acid groups (broad SMARTS) is 1. The average Bonchev–Trinajstić information content (AvgIpc) is 3.45. The number of aryl methyl sites for hydroxylation is 1. The van der Waals surface area contributed by atoms with Crippen molar-refractivity contribution >= 4 is 12.0 Å². The molecule has 29 heavy (non-hydrogen) atoms. The molecule has 2 heteroatoms. The predicted molar refractivity (Wildman–Crippen MR) is 120 cm³/mol. The summed E-state index contributed by atoms with van der Waals surface area (Å²) < 4.78 is 0. The summed E-state index contributed by atoms with van der Waals surface area (Å²) in [5, 5.41) is 9.10. The SMILES string of the molecule is Cc1cc2c(cc1C1(c3ccccc3/C=C/C(=O)O)CC1)C(C)(C)CCC2(C)C. The van der Waals surface area contributed by atoms with E-state index in [1.54, 1.807) is 6.08 Å². The molecule has 2 aromatic rings. The lowest BCUT2D eigenvalue weighted by Crippen LogP contribution is -2.34. The Hall–Kier alpha value is -2.35. The van der Waals surface area contributed by atoms with Crippen LogP contribution in [0, 0.1) is 6.92 Å². The highest BCUT2D eigenvalue weighted by Crippen LogP contribution is 2.57. The highest BCUT2D eigenvalue weighted by molar-refractivity contribution is 5.85. The Morgan fingerprint density at radius 1 is 0.862 bits per heavy atom. The van der Waals surface area contributed by atoms with Crippen LogP contribution in [0.25, 0.3) is 6.08 Å². The average molecular weight is 389 g/mol. The molecule has 1 fully saturated rings. The smallest absolute Gasteiger partial charge is 0.328 e. The Morgan fingerprint density at radius 2 is 1.45 bits per heavy atom. The van der Waals surface area contributed by atoms with Crippen LogP contribution in [0.4, 0.5) is 0 Å². The maximum atomic E-state index is 11.1. The van der Waals surface area contributed by atoms with Gasteiger partial charge in [-0.25, -0.2) is 4.79 Å². The van der Waals surface area contributed by atoms with Crippen molar-refractivity contribution in [1.82, 2.24) is 0 Å². The molecule has 0 heterocycles. The molecule has 0 bridgehead atoms. The summed E-state index contributed by atoms with van der Waals surface area (Å²) in [5.74, 6) is -0.904. The minimum atomic E-state index is -0.904. The van der Waals surface area contributed by atoms with Gasteiger partial charge in [-0.1, -0.05) is 64.1 Å². The Bertz CT molecular complexity index is 1000. The van der Waals surface area contributed by atoms with E-state index in [9.17, 15) is 4.79 Å². The molecule has 4 rings (SSSR count). The van der Waals surface area contributed by atoms with E-state index in [2.05, 4.69) is 58.9 Å². The molecule has 0 aromatic heterocycles. The van der Waals surface area contributed by atoms with Gasteiger partial charge >= 0.3 is 5.97 Å². The van der Waals surface area contributed by atoms with Crippen LogP contribution in [0.2, 0.25) is 0 Å². The Labute approximate surface area is 174 Å². The molecule has 152 valence electrons. The number of aliphatic carboxylic acids is 1. The Kier molecular flexibility index (Phi) is 4.53. The van der Waals surface area contributed by atoms with E-state index in [1.807, 2.05) is 12.1 Å². The predicted octanol–water partition coefficient (Wildman–Crippen LogP) is 6.52. The molecular formula is C27H32O2. The van der Waals surface area contributed by atoms with E-state index in [4.69, 9.17) is 5.11 Å². The maximum absolute atomic E-state index is 11.1. The van der Waals surface area contributed by atoms with E-state index in [1.165, 1.54) is 46.7 Å². The molecule has 0 atom stereocenters.